The number of benzene rings is 1. The fourth-order valence-corrected chi connectivity index (χ4v) is 2.84. The van der Waals surface area contributed by atoms with E-state index < -0.39 is 0 Å². The Morgan fingerprint density at radius 2 is 2.11 bits per heavy atom. The molecule has 1 heterocycles. The van der Waals surface area contributed by atoms with Crippen molar-refractivity contribution in [1.29, 1.82) is 0 Å². The van der Waals surface area contributed by atoms with E-state index in [0.717, 1.165) is 29.1 Å². The molecule has 0 bridgehead atoms. The SMILES string of the molecule is NCc1ccc(-n2cnc3c2CCCC3)c(Cl)c1. The van der Waals surface area contributed by atoms with Gasteiger partial charge in [-0.3, -0.25) is 0 Å². The Kier molecular flexibility index (Phi) is 3.10. The Hall–Kier alpha value is -1.32. The highest BCUT2D eigenvalue weighted by atomic mass is 35.5. The maximum Gasteiger partial charge on any atom is 0.0998 e. The molecule has 3 rings (SSSR count). The first-order valence-electron chi connectivity index (χ1n) is 6.33. The van der Waals surface area contributed by atoms with Crippen LogP contribution in [0.2, 0.25) is 5.02 Å². The third-order valence-corrected chi connectivity index (χ3v) is 3.84. The Morgan fingerprint density at radius 3 is 2.89 bits per heavy atom. The predicted molar refractivity (Wildman–Crippen MR) is 73.1 cm³/mol. The van der Waals surface area contributed by atoms with Gasteiger partial charge in [-0.05, 0) is 43.4 Å². The molecule has 0 radical (unpaired) electrons. The Balaban J connectivity index is 2.07. The summed E-state index contributed by atoms with van der Waals surface area (Å²) in [6.07, 6.45) is 6.53. The van der Waals surface area contributed by atoms with E-state index in [1.54, 1.807) is 0 Å². The van der Waals surface area contributed by atoms with Gasteiger partial charge in [0, 0.05) is 12.2 Å². The molecule has 3 nitrogen and oxygen atoms in total. The van der Waals surface area contributed by atoms with E-state index in [0.29, 0.717) is 6.54 Å². The van der Waals surface area contributed by atoms with Crippen LogP contribution in [0.3, 0.4) is 0 Å². The van der Waals surface area contributed by atoms with Crippen LogP contribution in [0.5, 0.6) is 0 Å². The zero-order valence-corrected chi connectivity index (χ0v) is 11.0. The van der Waals surface area contributed by atoms with Crippen LogP contribution in [-0.2, 0) is 19.4 Å². The quantitative estimate of drug-likeness (QED) is 0.903. The number of hydrogen-bond acceptors (Lipinski definition) is 2. The van der Waals surface area contributed by atoms with E-state index in [4.69, 9.17) is 17.3 Å². The van der Waals surface area contributed by atoms with Crippen molar-refractivity contribution in [3.05, 3.63) is 46.5 Å². The van der Waals surface area contributed by atoms with Crippen LogP contribution in [0, 0.1) is 0 Å². The van der Waals surface area contributed by atoms with Crippen molar-refractivity contribution in [1.82, 2.24) is 9.55 Å². The minimum absolute atomic E-state index is 0.516. The van der Waals surface area contributed by atoms with Gasteiger partial charge in [0.2, 0.25) is 0 Å². The van der Waals surface area contributed by atoms with Crippen LogP contribution in [0.1, 0.15) is 29.8 Å². The third kappa shape index (κ3) is 1.93. The van der Waals surface area contributed by atoms with Gasteiger partial charge in [-0.2, -0.15) is 0 Å². The molecule has 1 aromatic carbocycles. The van der Waals surface area contributed by atoms with Gasteiger partial charge in [-0.15, -0.1) is 0 Å². The second kappa shape index (κ2) is 4.75. The molecule has 0 spiro atoms. The minimum Gasteiger partial charge on any atom is -0.326 e. The minimum atomic E-state index is 0.516. The summed E-state index contributed by atoms with van der Waals surface area (Å²) in [6.45, 7) is 0.516. The van der Waals surface area contributed by atoms with Crippen LogP contribution in [0.4, 0.5) is 0 Å². The fourth-order valence-electron chi connectivity index (χ4n) is 2.55. The lowest BCUT2D eigenvalue weighted by atomic mass is 10.0. The Labute approximate surface area is 112 Å². The highest BCUT2D eigenvalue weighted by Crippen LogP contribution is 2.27. The number of hydrogen-bond donors (Lipinski definition) is 1. The highest BCUT2D eigenvalue weighted by Gasteiger charge is 2.17. The van der Waals surface area contributed by atoms with Gasteiger partial charge in [0.25, 0.3) is 0 Å². The lowest BCUT2D eigenvalue weighted by Crippen LogP contribution is -2.07. The third-order valence-electron chi connectivity index (χ3n) is 3.54. The monoisotopic (exact) mass is 261 g/mol. The van der Waals surface area contributed by atoms with Crippen molar-refractivity contribution in [2.75, 3.05) is 0 Å². The molecule has 94 valence electrons. The number of nitrogens with zero attached hydrogens (tertiary/aromatic N) is 2. The second-order valence-corrected chi connectivity index (χ2v) is 5.11. The number of imidazole rings is 1. The zero-order valence-electron chi connectivity index (χ0n) is 10.2. The molecule has 4 heteroatoms. The second-order valence-electron chi connectivity index (χ2n) is 4.70. The molecule has 2 N–H and O–H groups in total. The summed E-state index contributed by atoms with van der Waals surface area (Å²) in [5, 5.41) is 0.740. The van der Waals surface area contributed by atoms with E-state index >= 15 is 0 Å². The summed E-state index contributed by atoms with van der Waals surface area (Å²) in [5.74, 6) is 0. The van der Waals surface area contributed by atoms with E-state index in [1.165, 1.54) is 24.2 Å². The summed E-state index contributed by atoms with van der Waals surface area (Å²) in [6, 6.07) is 5.99. The van der Waals surface area contributed by atoms with Crippen LogP contribution in [-0.4, -0.2) is 9.55 Å². The lowest BCUT2D eigenvalue weighted by molar-refractivity contribution is 0.656. The molecule has 0 unspecified atom stereocenters. The fraction of sp³-hybridized carbons (Fsp3) is 0.357. The highest BCUT2D eigenvalue weighted by molar-refractivity contribution is 6.32. The van der Waals surface area contributed by atoms with Crippen LogP contribution in [0.15, 0.2) is 24.5 Å². The van der Waals surface area contributed by atoms with Crippen molar-refractivity contribution in [3.63, 3.8) is 0 Å². The summed E-state index contributed by atoms with van der Waals surface area (Å²) in [7, 11) is 0. The number of aromatic nitrogens is 2. The van der Waals surface area contributed by atoms with Crippen molar-refractivity contribution in [3.8, 4) is 5.69 Å². The summed E-state index contributed by atoms with van der Waals surface area (Å²) in [5.41, 5.74) is 10.2. The Morgan fingerprint density at radius 1 is 1.28 bits per heavy atom. The van der Waals surface area contributed by atoms with Gasteiger partial charge in [0.15, 0.2) is 0 Å². The summed E-state index contributed by atoms with van der Waals surface area (Å²) < 4.78 is 2.12. The van der Waals surface area contributed by atoms with Crippen LogP contribution >= 0.6 is 11.6 Å². The van der Waals surface area contributed by atoms with Gasteiger partial charge in [-0.25, -0.2) is 4.98 Å². The van der Waals surface area contributed by atoms with Crippen LogP contribution in [0.25, 0.3) is 5.69 Å². The van der Waals surface area contributed by atoms with Crippen molar-refractivity contribution >= 4 is 11.6 Å². The van der Waals surface area contributed by atoms with Crippen molar-refractivity contribution in [2.24, 2.45) is 5.73 Å². The molecular weight excluding hydrogens is 246 g/mol. The molecule has 1 aliphatic rings. The first-order chi connectivity index (χ1) is 8.79. The van der Waals surface area contributed by atoms with E-state index in [1.807, 2.05) is 24.5 Å². The van der Waals surface area contributed by atoms with Crippen LogP contribution < -0.4 is 5.73 Å². The molecule has 1 aromatic heterocycles. The van der Waals surface area contributed by atoms with Crippen molar-refractivity contribution < 1.29 is 0 Å². The first-order valence-corrected chi connectivity index (χ1v) is 6.71. The largest absolute Gasteiger partial charge is 0.326 e. The van der Waals surface area contributed by atoms with Gasteiger partial charge in [0.1, 0.15) is 0 Å². The van der Waals surface area contributed by atoms with E-state index in [9.17, 15) is 0 Å². The van der Waals surface area contributed by atoms with E-state index in [-0.39, 0.29) is 0 Å². The standard InChI is InChI=1S/C14H16ClN3/c15-11-7-10(8-16)5-6-13(11)18-9-17-12-3-1-2-4-14(12)18/h5-7,9H,1-4,8,16H2. The van der Waals surface area contributed by atoms with Gasteiger partial charge in [0.05, 0.1) is 22.7 Å². The molecule has 0 fully saturated rings. The maximum absolute atomic E-state index is 6.34. The molecule has 0 saturated heterocycles. The predicted octanol–water partition coefficient (Wildman–Crippen LogP) is 2.86. The molecule has 1 aliphatic carbocycles. The number of fused-ring (bicyclic) bond motifs is 1. The molecule has 2 aromatic rings. The molecular formula is C14H16ClN3. The van der Waals surface area contributed by atoms with E-state index in [2.05, 4.69) is 9.55 Å². The average Bonchev–Trinajstić information content (AvgIpc) is 2.82. The molecule has 18 heavy (non-hydrogen) atoms. The van der Waals surface area contributed by atoms with Gasteiger partial charge in [-0.1, -0.05) is 17.7 Å². The zero-order chi connectivity index (χ0) is 12.5. The molecule has 0 aliphatic heterocycles. The lowest BCUT2D eigenvalue weighted by Gasteiger charge is -2.15. The maximum atomic E-state index is 6.34. The summed E-state index contributed by atoms with van der Waals surface area (Å²) >= 11 is 6.34. The smallest absolute Gasteiger partial charge is 0.0998 e. The number of halogens is 1. The topological polar surface area (TPSA) is 43.8 Å². The van der Waals surface area contributed by atoms with Gasteiger partial charge < -0.3 is 10.3 Å². The Bertz CT molecular complexity index is 574. The van der Waals surface area contributed by atoms with Crippen molar-refractivity contribution in [2.45, 2.75) is 32.2 Å². The number of rotatable bonds is 2. The molecule has 0 atom stereocenters. The van der Waals surface area contributed by atoms with Gasteiger partial charge >= 0.3 is 0 Å². The first kappa shape index (κ1) is 11.8. The number of nitrogens with two attached hydrogens (primary N) is 1. The average molecular weight is 262 g/mol. The summed E-state index contributed by atoms with van der Waals surface area (Å²) in [4.78, 5) is 4.50. The molecule has 0 amide bonds. The normalized spacial score (nSPS) is 14.6. The molecule has 0 saturated carbocycles. The number of aryl methyl sites for hydroxylation is 1.